The zero-order valence-electron chi connectivity index (χ0n) is 11.6. The van der Waals surface area contributed by atoms with Gasteiger partial charge in [-0.3, -0.25) is 0 Å². The Bertz CT molecular complexity index is 720. The Hall–Kier alpha value is -2.65. The summed E-state index contributed by atoms with van der Waals surface area (Å²) in [7, 11) is 0. The van der Waals surface area contributed by atoms with Crippen LogP contribution in [-0.4, -0.2) is 5.11 Å². The van der Waals surface area contributed by atoms with Gasteiger partial charge in [0.2, 0.25) is 0 Å². The zero-order valence-corrected chi connectivity index (χ0v) is 12.3. The second-order valence-corrected chi connectivity index (χ2v) is 4.96. The molecule has 3 aromatic carbocycles. The highest BCUT2D eigenvalue weighted by Gasteiger charge is 2.10. The minimum atomic E-state index is 0.0649. The molecule has 0 saturated heterocycles. The van der Waals surface area contributed by atoms with Crippen LogP contribution in [0.5, 0.6) is 28.7 Å². The van der Waals surface area contributed by atoms with Crippen molar-refractivity contribution in [3.8, 4) is 28.7 Å². The number of hydrogen-bond acceptors (Lipinski definition) is 3. The molecule has 110 valence electrons. The molecule has 0 radical (unpaired) electrons. The van der Waals surface area contributed by atoms with Gasteiger partial charge in [-0.25, -0.2) is 0 Å². The standard InChI is InChI=1S/C18H13ClO3/c19-13-7-1-3-9-15(13)21-17-11-5-6-12-18(17)22-16-10-4-2-8-14(16)20/h1-12,20H. The summed E-state index contributed by atoms with van der Waals surface area (Å²) in [5.74, 6) is 1.97. The fourth-order valence-electron chi connectivity index (χ4n) is 1.93. The smallest absolute Gasteiger partial charge is 0.170 e. The van der Waals surface area contributed by atoms with Crippen LogP contribution in [0.3, 0.4) is 0 Å². The van der Waals surface area contributed by atoms with Gasteiger partial charge in [0.15, 0.2) is 23.0 Å². The van der Waals surface area contributed by atoms with E-state index in [2.05, 4.69) is 0 Å². The Balaban J connectivity index is 1.91. The Morgan fingerprint density at radius 3 is 1.64 bits per heavy atom. The topological polar surface area (TPSA) is 38.7 Å². The van der Waals surface area contributed by atoms with E-state index in [0.717, 1.165) is 0 Å². The van der Waals surface area contributed by atoms with Gasteiger partial charge in [-0.1, -0.05) is 48.0 Å². The van der Waals surface area contributed by atoms with Gasteiger partial charge >= 0.3 is 0 Å². The maximum Gasteiger partial charge on any atom is 0.170 e. The second kappa shape index (κ2) is 6.41. The van der Waals surface area contributed by atoms with E-state index >= 15 is 0 Å². The molecule has 3 aromatic rings. The fraction of sp³-hybridized carbons (Fsp3) is 0. The van der Waals surface area contributed by atoms with Crippen LogP contribution < -0.4 is 9.47 Å². The molecule has 22 heavy (non-hydrogen) atoms. The molecular formula is C18H13ClO3. The van der Waals surface area contributed by atoms with E-state index in [1.54, 1.807) is 48.5 Å². The third kappa shape index (κ3) is 3.15. The first-order chi connectivity index (χ1) is 10.7. The lowest BCUT2D eigenvalue weighted by Gasteiger charge is -2.13. The van der Waals surface area contributed by atoms with Gasteiger partial charge in [-0.05, 0) is 36.4 Å². The first-order valence-corrected chi connectivity index (χ1v) is 7.09. The third-order valence-corrected chi connectivity index (χ3v) is 3.30. The van der Waals surface area contributed by atoms with Crippen molar-refractivity contribution in [1.82, 2.24) is 0 Å². The van der Waals surface area contributed by atoms with E-state index in [9.17, 15) is 5.11 Å². The van der Waals surface area contributed by atoms with Gasteiger partial charge in [0.25, 0.3) is 0 Å². The van der Waals surface area contributed by atoms with Crippen LogP contribution in [0.25, 0.3) is 0 Å². The molecule has 0 amide bonds. The molecule has 0 aromatic heterocycles. The van der Waals surface area contributed by atoms with Crippen LogP contribution >= 0.6 is 11.6 Å². The highest BCUT2D eigenvalue weighted by Crippen LogP contribution is 2.38. The average molecular weight is 313 g/mol. The number of phenolic OH excluding ortho intramolecular Hbond substituents is 1. The minimum Gasteiger partial charge on any atom is -0.504 e. The molecule has 0 fully saturated rings. The maximum absolute atomic E-state index is 9.81. The normalized spacial score (nSPS) is 10.2. The summed E-state index contributed by atoms with van der Waals surface area (Å²) >= 11 is 6.11. The van der Waals surface area contributed by atoms with E-state index in [1.807, 2.05) is 24.3 Å². The molecule has 0 atom stereocenters. The predicted octanol–water partition coefficient (Wildman–Crippen LogP) is 5.63. The first-order valence-electron chi connectivity index (χ1n) is 6.71. The van der Waals surface area contributed by atoms with E-state index in [1.165, 1.54) is 0 Å². The summed E-state index contributed by atoms with van der Waals surface area (Å²) in [5, 5.41) is 10.3. The highest BCUT2D eigenvalue weighted by molar-refractivity contribution is 6.32. The molecular weight excluding hydrogens is 300 g/mol. The highest BCUT2D eigenvalue weighted by atomic mass is 35.5. The number of phenols is 1. The van der Waals surface area contributed by atoms with Gasteiger partial charge in [0.05, 0.1) is 5.02 Å². The number of para-hydroxylation sites is 5. The van der Waals surface area contributed by atoms with Crippen molar-refractivity contribution in [2.75, 3.05) is 0 Å². The minimum absolute atomic E-state index is 0.0649. The average Bonchev–Trinajstić information content (AvgIpc) is 2.53. The monoisotopic (exact) mass is 312 g/mol. The second-order valence-electron chi connectivity index (χ2n) is 4.55. The van der Waals surface area contributed by atoms with Crippen molar-refractivity contribution in [2.45, 2.75) is 0 Å². The number of halogens is 1. The molecule has 3 rings (SSSR count). The molecule has 0 spiro atoms. The van der Waals surface area contributed by atoms with E-state index in [4.69, 9.17) is 21.1 Å². The SMILES string of the molecule is Oc1ccccc1Oc1ccccc1Oc1ccccc1Cl. The van der Waals surface area contributed by atoms with Crippen LogP contribution in [0.4, 0.5) is 0 Å². The maximum atomic E-state index is 9.81. The largest absolute Gasteiger partial charge is 0.504 e. The van der Waals surface area contributed by atoms with Crippen molar-refractivity contribution >= 4 is 11.6 Å². The van der Waals surface area contributed by atoms with Gasteiger partial charge in [-0.2, -0.15) is 0 Å². The fourth-order valence-corrected chi connectivity index (χ4v) is 2.10. The Labute approximate surface area is 133 Å². The summed E-state index contributed by atoms with van der Waals surface area (Å²) < 4.78 is 11.5. The van der Waals surface area contributed by atoms with Crippen LogP contribution in [0.15, 0.2) is 72.8 Å². The van der Waals surface area contributed by atoms with E-state index in [0.29, 0.717) is 28.0 Å². The Morgan fingerprint density at radius 2 is 1.05 bits per heavy atom. The zero-order chi connectivity index (χ0) is 15.4. The summed E-state index contributed by atoms with van der Waals surface area (Å²) in [6.45, 7) is 0. The summed E-state index contributed by atoms with van der Waals surface area (Å²) in [5.41, 5.74) is 0. The molecule has 0 bridgehead atoms. The first kappa shape index (κ1) is 14.3. The molecule has 0 aliphatic heterocycles. The number of hydrogen-bond donors (Lipinski definition) is 1. The van der Waals surface area contributed by atoms with Gasteiger partial charge in [0.1, 0.15) is 5.75 Å². The van der Waals surface area contributed by atoms with Crippen molar-refractivity contribution in [3.05, 3.63) is 77.8 Å². The third-order valence-electron chi connectivity index (χ3n) is 2.99. The van der Waals surface area contributed by atoms with Crippen LogP contribution in [0.1, 0.15) is 0 Å². The Morgan fingerprint density at radius 1 is 0.591 bits per heavy atom. The molecule has 0 aliphatic carbocycles. The predicted molar refractivity (Wildman–Crippen MR) is 86.1 cm³/mol. The lowest BCUT2D eigenvalue weighted by molar-refractivity contribution is 0.389. The van der Waals surface area contributed by atoms with E-state index < -0.39 is 0 Å². The van der Waals surface area contributed by atoms with Gasteiger partial charge < -0.3 is 14.6 Å². The Kier molecular flexibility index (Phi) is 4.17. The number of rotatable bonds is 4. The summed E-state index contributed by atoms with van der Waals surface area (Å²) in [4.78, 5) is 0. The van der Waals surface area contributed by atoms with Crippen molar-refractivity contribution in [3.63, 3.8) is 0 Å². The number of ether oxygens (including phenoxy) is 2. The molecule has 0 saturated carbocycles. The van der Waals surface area contributed by atoms with Crippen molar-refractivity contribution < 1.29 is 14.6 Å². The van der Waals surface area contributed by atoms with Gasteiger partial charge in [0, 0.05) is 0 Å². The van der Waals surface area contributed by atoms with E-state index in [-0.39, 0.29) is 5.75 Å². The summed E-state index contributed by atoms with van der Waals surface area (Å²) in [6, 6.07) is 21.2. The van der Waals surface area contributed by atoms with Crippen LogP contribution in [0, 0.1) is 0 Å². The molecule has 0 aliphatic rings. The summed E-state index contributed by atoms with van der Waals surface area (Å²) in [6.07, 6.45) is 0. The quantitative estimate of drug-likeness (QED) is 0.678. The molecule has 0 unspecified atom stereocenters. The van der Waals surface area contributed by atoms with Crippen LogP contribution in [-0.2, 0) is 0 Å². The molecule has 0 heterocycles. The molecule has 3 nitrogen and oxygen atoms in total. The van der Waals surface area contributed by atoms with Gasteiger partial charge in [-0.15, -0.1) is 0 Å². The lowest BCUT2D eigenvalue weighted by Crippen LogP contribution is -1.91. The molecule has 4 heteroatoms. The number of aromatic hydroxyl groups is 1. The number of benzene rings is 3. The van der Waals surface area contributed by atoms with Crippen molar-refractivity contribution in [2.24, 2.45) is 0 Å². The molecule has 1 N–H and O–H groups in total. The van der Waals surface area contributed by atoms with Crippen LogP contribution in [0.2, 0.25) is 5.02 Å². The lowest BCUT2D eigenvalue weighted by atomic mass is 10.3. The van der Waals surface area contributed by atoms with Crippen molar-refractivity contribution in [1.29, 1.82) is 0 Å².